The Bertz CT molecular complexity index is 423. The van der Waals surface area contributed by atoms with Gasteiger partial charge in [-0.25, -0.2) is 0 Å². The van der Waals surface area contributed by atoms with Crippen LogP contribution < -0.4 is 4.90 Å². The maximum atomic E-state index is 10.9. The summed E-state index contributed by atoms with van der Waals surface area (Å²) in [6.07, 6.45) is 2.59. The van der Waals surface area contributed by atoms with Gasteiger partial charge in [0.1, 0.15) is 12.0 Å². The van der Waals surface area contributed by atoms with E-state index < -0.39 is 4.92 Å². The van der Waals surface area contributed by atoms with Crippen LogP contribution in [0.5, 0.6) is 0 Å². The number of nitro groups is 1. The molecule has 92 valence electrons. The molecule has 0 aliphatic rings. The summed E-state index contributed by atoms with van der Waals surface area (Å²) in [7, 11) is 1.80. The lowest BCUT2D eigenvalue weighted by Gasteiger charge is -2.18. The predicted octanol–water partition coefficient (Wildman–Crippen LogP) is 2.21. The lowest BCUT2D eigenvalue weighted by Crippen LogP contribution is -2.21. The number of nitro benzene ring substituents is 1. The molecule has 0 aromatic heterocycles. The van der Waals surface area contributed by atoms with Gasteiger partial charge in [-0.3, -0.25) is 14.9 Å². The quantitative estimate of drug-likeness (QED) is 0.442. The minimum atomic E-state index is -0.460. The predicted molar refractivity (Wildman–Crippen MR) is 70.1 cm³/mol. The third-order valence-corrected chi connectivity index (χ3v) is 2.97. The molecule has 6 heteroatoms. The SMILES string of the molecule is CSCCN(C)c1ccc(C=O)cc1[N+](=O)[O-]. The van der Waals surface area contributed by atoms with Crippen LogP contribution >= 0.6 is 11.8 Å². The smallest absolute Gasteiger partial charge is 0.293 e. The molecule has 0 fully saturated rings. The van der Waals surface area contributed by atoms with Gasteiger partial charge in [0.15, 0.2) is 0 Å². The number of thioether (sulfide) groups is 1. The number of carbonyl (C=O) groups is 1. The van der Waals surface area contributed by atoms with Gasteiger partial charge in [0.2, 0.25) is 0 Å². The van der Waals surface area contributed by atoms with E-state index >= 15 is 0 Å². The van der Waals surface area contributed by atoms with Crippen LogP contribution in [-0.4, -0.2) is 36.8 Å². The van der Waals surface area contributed by atoms with Crippen LogP contribution in [0.4, 0.5) is 11.4 Å². The van der Waals surface area contributed by atoms with Gasteiger partial charge >= 0.3 is 0 Å². The molecule has 1 aromatic carbocycles. The molecule has 0 atom stereocenters. The molecule has 0 bridgehead atoms. The summed E-state index contributed by atoms with van der Waals surface area (Å²) >= 11 is 1.68. The largest absolute Gasteiger partial charge is 0.368 e. The number of aldehydes is 1. The standard InChI is InChI=1S/C11H14N2O3S/c1-12(5-6-17-2)10-4-3-9(8-14)7-11(10)13(15)16/h3-4,7-8H,5-6H2,1-2H3. The molecule has 0 radical (unpaired) electrons. The summed E-state index contributed by atoms with van der Waals surface area (Å²) in [4.78, 5) is 22.9. The Labute approximate surface area is 104 Å². The molecule has 0 heterocycles. The van der Waals surface area contributed by atoms with E-state index in [-0.39, 0.29) is 5.69 Å². The fourth-order valence-electron chi connectivity index (χ4n) is 1.43. The van der Waals surface area contributed by atoms with Gasteiger partial charge in [0.05, 0.1) is 4.92 Å². The van der Waals surface area contributed by atoms with E-state index in [9.17, 15) is 14.9 Å². The van der Waals surface area contributed by atoms with E-state index in [1.54, 1.807) is 30.9 Å². The van der Waals surface area contributed by atoms with Crippen molar-refractivity contribution in [3.8, 4) is 0 Å². The zero-order chi connectivity index (χ0) is 12.8. The van der Waals surface area contributed by atoms with Crippen molar-refractivity contribution in [2.75, 3.05) is 30.5 Å². The monoisotopic (exact) mass is 254 g/mol. The van der Waals surface area contributed by atoms with Crippen molar-refractivity contribution in [1.29, 1.82) is 0 Å². The van der Waals surface area contributed by atoms with Crippen molar-refractivity contribution in [1.82, 2.24) is 0 Å². The second-order valence-corrected chi connectivity index (χ2v) is 4.52. The molecule has 1 rings (SSSR count). The molecule has 0 saturated heterocycles. The van der Waals surface area contributed by atoms with Crippen LogP contribution in [0.2, 0.25) is 0 Å². The van der Waals surface area contributed by atoms with Crippen LogP contribution in [0.1, 0.15) is 10.4 Å². The van der Waals surface area contributed by atoms with E-state index in [4.69, 9.17) is 0 Å². The van der Waals surface area contributed by atoms with Gasteiger partial charge in [-0.2, -0.15) is 11.8 Å². The first kappa shape index (κ1) is 13.5. The highest BCUT2D eigenvalue weighted by Gasteiger charge is 2.17. The third kappa shape index (κ3) is 3.45. The molecule has 0 unspecified atom stereocenters. The second kappa shape index (κ2) is 6.24. The number of carbonyl (C=O) groups excluding carboxylic acids is 1. The summed E-state index contributed by atoms with van der Waals surface area (Å²) in [6.45, 7) is 0.725. The van der Waals surface area contributed by atoms with Gasteiger partial charge < -0.3 is 4.90 Å². The highest BCUT2D eigenvalue weighted by molar-refractivity contribution is 7.98. The van der Waals surface area contributed by atoms with Gasteiger partial charge in [0.25, 0.3) is 5.69 Å². The van der Waals surface area contributed by atoms with Crippen LogP contribution in [-0.2, 0) is 0 Å². The van der Waals surface area contributed by atoms with Crippen LogP contribution in [0.3, 0.4) is 0 Å². The maximum absolute atomic E-state index is 10.9. The van der Waals surface area contributed by atoms with Gasteiger partial charge in [-0.05, 0) is 18.4 Å². The first-order chi connectivity index (χ1) is 8.10. The summed E-state index contributed by atoms with van der Waals surface area (Å²) in [5.41, 5.74) is 0.826. The number of hydrogen-bond donors (Lipinski definition) is 0. The van der Waals surface area contributed by atoms with E-state index in [0.717, 1.165) is 12.3 Å². The normalized spacial score (nSPS) is 10.0. The van der Waals surface area contributed by atoms with E-state index in [0.29, 0.717) is 17.5 Å². The Morgan fingerprint density at radius 1 is 1.53 bits per heavy atom. The zero-order valence-electron chi connectivity index (χ0n) is 9.75. The van der Waals surface area contributed by atoms with Crippen molar-refractivity contribution >= 4 is 29.4 Å². The average molecular weight is 254 g/mol. The molecular weight excluding hydrogens is 240 g/mol. The van der Waals surface area contributed by atoms with E-state index in [1.165, 1.54) is 6.07 Å². The molecule has 0 spiro atoms. The Hall–Kier alpha value is -1.56. The molecule has 0 N–H and O–H groups in total. The van der Waals surface area contributed by atoms with Crippen molar-refractivity contribution in [2.45, 2.75) is 0 Å². The number of anilines is 1. The second-order valence-electron chi connectivity index (χ2n) is 3.54. The zero-order valence-corrected chi connectivity index (χ0v) is 10.6. The molecule has 0 amide bonds. The highest BCUT2D eigenvalue weighted by atomic mass is 32.2. The Balaban J connectivity index is 3.05. The van der Waals surface area contributed by atoms with Crippen molar-refractivity contribution < 1.29 is 9.72 Å². The summed E-state index contributed by atoms with van der Waals surface area (Å²) < 4.78 is 0. The molecular formula is C11H14N2O3S. The number of rotatable bonds is 6. The molecule has 0 saturated carbocycles. The van der Waals surface area contributed by atoms with Gasteiger partial charge in [-0.15, -0.1) is 0 Å². The Morgan fingerprint density at radius 3 is 2.76 bits per heavy atom. The summed E-state index contributed by atoms with van der Waals surface area (Å²) in [6, 6.07) is 4.50. The van der Waals surface area contributed by atoms with Crippen LogP contribution in [0, 0.1) is 10.1 Å². The lowest BCUT2D eigenvalue weighted by atomic mass is 10.2. The van der Waals surface area contributed by atoms with Gasteiger partial charge in [-0.1, -0.05) is 0 Å². The fraction of sp³-hybridized carbons (Fsp3) is 0.364. The van der Waals surface area contributed by atoms with E-state index in [1.807, 2.05) is 11.2 Å². The lowest BCUT2D eigenvalue weighted by molar-refractivity contribution is -0.384. The molecule has 1 aromatic rings. The first-order valence-electron chi connectivity index (χ1n) is 5.04. The van der Waals surface area contributed by atoms with Crippen LogP contribution in [0.15, 0.2) is 18.2 Å². The topological polar surface area (TPSA) is 63.5 Å². The van der Waals surface area contributed by atoms with Crippen molar-refractivity contribution in [3.05, 3.63) is 33.9 Å². The minimum absolute atomic E-state index is 0.0294. The average Bonchev–Trinajstić information content (AvgIpc) is 2.35. The minimum Gasteiger partial charge on any atom is -0.368 e. The maximum Gasteiger partial charge on any atom is 0.293 e. The molecule has 0 aliphatic heterocycles. The Kier molecular flexibility index (Phi) is 4.96. The number of hydrogen-bond acceptors (Lipinski definition) is 5. The molecule has 17 heavy (non-hydrogen) atoms. The fourth-order valence-corrected chi connectivity index (χ4v) is 1.89. The molecule has 0 aliphatic carbocycles. The summed E-state index contributed by atoms with van der Waals surface area (Å²) in [5.74, 6) is 0.892. The van der Waals surface area contributed by atoms with Crippen molar-refractivity contribution in [3.63, 3.8) is 0 Å². The first-order valence-corrected chi connectivity index (χ1v) is 6.43. The van der Waals surface area contributed by atoms with E-state index in [2.05, 4.69) is 0 Å². The van der Waals surface area contributed by atoms with Gasteiger partial charge in [0, 0.05) is 31.0 Å². The highest BCUT2D eigenvalue weighted by Crippen LogP contribution is 2.28. The van der Waals surface area contributed by atoms with Crippen molar-refractivity contribution in [2.24, 2.45) is 0 Å². The molecule has 5 nitrogen and oxygen atoms in total. The summed E-state index contributed by atoms with van der Waals surface area (Å²) in [5, 5.41) is 10.9. The number of benzene rings is 1. The third-order valence-electron chi connectivity index (χ3n) is 2.37. The number of nitrogens with zero attached hydrogens (tertiary/aromatic N) is 2. The van der Waals surface area contributed by atoms with Crippen LogP contribution in [0.25, 0.3) is 0 Å². The Morgan fingerprint density at radius 2 is 2.24 bits per heavy atom.